The van der Waals surface area contributed by atoms with Crippen LogP contribution in [0.4, 0.5) is 0 Å². The molecule has 3 aromatic heterocycles. The number of amides is 17. The molecular formula is C90H120N24O19S. The molecule has 13 atom stereocenters. The minimum atomic E-state index is -1.87. The minimum absolute atomic E-state index is 0.00340. The van der Waals surface area contributed by atoms with Crippen molar-refractivity contribution >= 4 is 140 Å². The second kappa shape index (κ2) is 49.8. The van der Waals surface area contributed by atoms with Gasteiger partial charge in [0.15, 0.2) is 5.96 Å². The van der Waals surface area contributed by atoms with E-state index in [1.165, 1.54) is 54.6 Å². The molecule has 134 heavy (non-hydrogen) atoms. The summed E-state index contributed by atoms with van der Waals surface area (Å²) >= 11 is 0.771. The number of aromatic amines is 3. The van der Waals surface area contributed by atoms with Gasteiger partial charge in [0, 0.05) is 119 Å². The van der Waals surface area contributed by atoms with E-state index in [2.05, 4.69) is 78.4 Å². The molecule has 0 saturated carbocycles. The number of nitrogens with zero attached hydrogens (tertiary/aromatic N) is 6. The largest absolute Gasteiger partial charge is 0.394 e. The molecule has 2 saturated heterocycles. The summed E-state index contributed by atoms with van der Waals surface area (Å²) in [5.74, 6) is -17.9. The van der Waals surface area contributed by atoms with Gasteiger partial charge in [0.25, 0.3) is 0 Å². The molecule has 7 aromatic rings. The molecule has 0 aliphatic carbocycles. The molecule has 2 fully saturated rings. The van der Waals surface area contributed by atoms with E-state index in [1.54, 1.807) is 135 Å². The fourth-order valence-corrected chi connectivity index (χ4v) is 16.4. The summed E-state index contributed by atoms with van der Waals surface area (Å²) in [4.78, 5) is 266. The van der Waals surface area contributed by atoms with Crippen molar-refractivity contribution in [1.29, 1.82) is 5.41 Å². The molecule has 17 amide bonds. The first-order valence-electron chi connectivity index (χ1n) is 43.8. The van der Waals surface area contributed by atoms with Crippen molar-refractivity contribution < 1.29 is 91.4 Å². The number of fused-ring (bicyclic) bond motifs is 3. The van der Waals surface area contributed by atoms with Crippen LogP contribution in [0, 0.1) is 11.3 Å². The number of likely N-dealkylation sites (N-methyl/N-ethyl adjacent to an activating group) is 4. The number of carbonyl (C=O) groups is 17. The van der Waals surface area contributed by atoms with Crippen molar-refractivity contribution in [2.75, 3.05) is 79.1 Å². The van der Waals surface area contributed by atoms with E-state index in [4.69, 9.17) is 27.3 Å². The highest BCUT2D eigenvalue weighted by Crippen LogP contribution is 2.25. The van der Waals surface area contributed by atoms with Crippen LogP contribution in [-0.2, 0) is 119 Å². The summed E-state index contributed by atoms with van der Waals surface area (Å²) in [6.45, 7) is 2.77. The Morgan fingerprint density at radius 1 is 0.545 bits per heavy atom. The van der Waals surface area contributed by atoms with E-state index in [1.807, 2.05) is 0 Å². The van der Waals surface area contributed by atoms with Crippen molar-refractivity contribution in [2.45, 2.75) is 177 Å². The number of hydrogen-bond acceptors (Lipinski definition) is 22. The van der Waals surface area contributed by atoms with Crippen LogP contribution in [0.1, 0.15) is 94.2 Å². The topological polar surface area (TPSA) is 630 Å². The van der Waals surface area contributed by atoms with Gasteiger partial charge >= 0.3 is 0 Å². The first-order chi connectivity index (χ1) is 63.9. The molecule has 43 nitrogen and oxygen atoms in total. The van der Waals surface area contributed by atoms with Gasteiger partial charge in [-0.2, -0.15) is 0 Å². The number of primary amides is 2. The maximum absolute atomic E-state index is 15.5. The number of nitrogens with one attached hydrogen (secondary N) is 15. The van der Waals surface area contributed by atoms with Gasteiger partial charge in [-0.05, 0) is 86.3 Å². The third-order valence-corrected chi connectivity index (χ3v) is 24.1. The van der Waals surface area contributed by atoms with E-state index < -0.39 is 229 Å². The third kappa shape index (κ3) is 29.6. The first kappa shape index (κ1) is 103. The number of ether oxygens (including phenoxy) is 1. The Kier molecular flexibility index (Phi) is 38.4. The van der Waals surface area contributed by atoms with Crippen molar-refractivity contribution in [3.05, 3.63) is 162 Å². The molecule has 2 aliphatic rings. The Morgan fingerprint density at radius 2 is 1.08 bits per heavy atom. The molecular weight excluding hydrogens is 1750 g/mol. The number of rotatable bonds is 24. The van der Waals surface area contributed by atoms with Crippen LogP contribution in [-0.4, -0.2) is 314 Å². The lowest BCUT2D eigenvalue weighted by Crippen LogP contribution is -2.61. The SMILES string of the molecule is CC(C)C[C@@H]1NC(=O)[C@H](Cc2cnc[nH]2)NC(=O)[C@@H]2CCCN2C(=O)[C@H](CC(N)=O)NC(=O)[C@H](C)N(C)C(=O)[C@H](Cc2ccccc2)NC(=O)CSC[C@@H](C(=O)NCC(N)=O)NC(=O)[C@H](CCCNC(=N)N)NC(=O)[C@H](COCc2ccccc2)N(C)C(=O)[C@H](C)N(C)C(=O)[C@H](Cc2c[nH]c3ccccc23)NC(=O)[C@H](CO)NC(=O)[C@H](Cc2c[nH]c3ccccc23)NC(=O)CN(C)C1=O. The van der Waals surface area contributed by atoms with Gasteiger partial charge in [-0.25, -0.2) is 4.98 Å². The van der Waals surface area contributed by atoms with Gasteiger partial charge < -0.3 is 125 Å². The second-order valence-corrected chi connectivity index (χ2v) is 34.6. The van der Waals surface area contributed by atoms with Crippen molar-refractivity contribution in [3.8, 4) is 0 Å². The number of aliphatic hydroxyl groups is 1. The van der Waals surface area contributed by atoms with E-state index in [0.717, 1.165) is 36.3 Å². The van der Waals surface area contributed by atoms with Crippen LogP contribution in [0.2, 0.25) is 0 Å². The Bertz CT molecular complexity index is 5330. The maximum Gasteiger partial charge on any atom is 0.246 e. The Morgan fingerprint density at radius 3 is 1.68 bits per heavy atom. The van der Waals surface area contributed by atoms with Crippen LogP contribution in [0.3, 0.4) is 0 Å². The number of benzene rings is 4. The Balaban J connectivity index is 1.08. The smallest absolute Gasteiger partial charge is 0.246 e. The Labute approximate surface area is 777 Å². The van der Waals surface area contributed by atoms with Crippen LogP contribution in [0.25, 0.3) is 21.8 Å². The van der Waals surface area contributed by atoms with Gasteiger partial charge in [-0.3, -0.25) is 86.9 Å². The lowest BCUT2D eigenvalue weighted by Gasteiger charge is -2.35. The van der Waals surface area contributed by atoms with Gasteiger partial charge in [-0.15, -0.1) is 11.8 Å². The second-order valence-electron chi connectivity index (χ2n) is 33.5. The quantitative estimate of drug-likeness (QED) is 0.0160. The van der Waals surface area contributed by atoms with Gasteiger partial charge in [0.05, 0.1) is 51.4 Å². The number of hydrogen-bond donors (Lipinski definition) is 19. The number of aromatic nitrogens is 4. The zero-order chi connectivity index (χ0) is 97.6. The molecule has 2 aliphatic heterocycles. The fraction of sp³-hybridized carbons (Fsp3) is 0.456. The molecule has 720 valence electrons. The average molecular weight is 1870 g/mol. The number of guanidine groups is 1. The van der Waals surface area contributed by atoms with Crippen LogP contribution < -0.4 is 75.7 Å². The Hall–Kier alpha value is -14.3. The lowest BCUT2D eigenvalue weighted by molar-refractivity contribution is -0.150. The zero-order valence-electron chi connectivity index (χ0n) is 75.8. The van der Waals surface area contributed by atoms with Crippen LogP contribution in [0.5, 0.6) is 0 Å². The molecule has 0 unspecified atom stereocenters. The lowest BCUT2D eigenvalue weighted by atomic mass is 10.0. The standard InChI is InChI=1S/C90H120N24O19S/c1-50(2)33-65-86(129)110(5)43-75(118)101-63(35-55-39-97-60-27-17-15-25-58(55)60)80(123)108-69(44-115)82(125)107-67(36-56-40-98-61-28-18-16-26-59(56)61)88(131)112(7)52(4)85(128)113(8)72(46-133-45-54-23-13-10-14-24-54)84(127)103-62(29-19-31-96-90(93)94)79(122)109-70(78(121)99-42-74(92)117)47-134-48-76(119)102-66(34-53-21-11-9-12-22-53)87(130)111(6)51(3)77(120)105-68(38-73(91)116)89(132)114-32-20-30-71(114)83(126)104-64(81(124)106-65)37-57-41-95-49-100-57/h9-18,21-28,39-41,49-52,62-72,97-98,115H,19-20,29-38,42-48H2,1-8H3,(H2,91,116)(H2,92,117)(H,95,100)(H,99,121)(H,101,118)(H,102,119)(H,103,127)(H,104,126)(H,105,120)(H,106,124)(H,107,125)(H,108,123)(H,109,122)(H4,93,94,96)/t51-,52-,62-,63-,64-,65-,66-,67-,68-,69-,70-,71-,72-/m0/s1. The summed E-state index contributed by atoms with van der Waals surface area (Å²) in [6.07, 6.45) is 4.06. The number of nitrogens with two attached hydrogens (primary N) is 3. The van der Waals surface area contributed by atoms with Gasteiger partial charge in [0.2, 0.25) is 100 Å². The summed E-state index contributed by atoms with van der Waals surface area (Å²) in [7, 11) is 5.02. The molecule has 5 heterocycles. The summed E-state index contributed by atoms with van der Waals surface area (Å²) in [5, 5.41) is 49.0. The number of thioether (sulfide) groups is 1. The minimum Gasteiger partial charge on any atom is -0.394 e. The van der Waals surface area contributed by atoms with Crippen LogP contribution in [0.15, 0.2) is 134 Å². The first-order valence-corrected chi connectivity index (χ1v) is 45.0. The normalized spacial score (nSPS) is 23.3. The van der Waals surface area contributed by atoms with E-state index >= 15 is 19.2 Å². The fourth-order valence-electron chi connectivity index (χ4n) is 15.5. The molecule has 0 radical (unpaired) electrons. The predicted molar refractivity (Wildman–Crippen MR) is 492 cm³/mol. The summed E-state index contributed by atoms with van der Waals surface area (Å²) in [6, 6.07) is 10.7. The van der Waals surface area contributed by atoms with Crippen LogP contribution >= 0.6 is 11.8 Å². The molecule has 9 rings (SSSR count). The zero-order valence-corrected chi connectivity index (χ0v) is 76.7. The van der Waals surface area contributed by atoms with Crippen molar-refractivity contribution in [2.24, 2.45) is 23.1 Å². The maximum atomic E-state index is 15.5. The predicted octanol–water partition coefficient (Wildman–Crippen LogP) is -3.28. The number of H-pyrrole nitrogens is 3. The molecule has 44 heteroatoms. The van der Waals surface area contributed by atoms with E-state index in [9.17, 15) is 67.4 Å². The molecule has 0 bridgehead atoms. The van der Waals surface area contributed by atoms with Gasteiger partial charge in [0.1, 0.15) is 78.5 Å². The number of imidazole rings is 1. The van der Waals surface area contributed by atoms with E-state index in [-0.39, 0.29) is 83.4 Å². The number of para-hydroxylation sites is 2. The van der Waals surface area contributed by atoms with Crippen molar-refractivity contribution in [3.63, 3.8) is 0 Å². The molecule has 22 N–H and O–H groups in total. The third-order valence-electron chi connectivity index (χ3n) is 23.0. The molecule has 4 aromatic carbocycles. The number of aliphatic hydroxyl groups excluding tert-OH is 1. The summed E-state index contributed by atoms with van der Waals surface area (Å²) in [5.41, 5.74) is 20.6. The number of carbonyl (C=O) groups excluding carboxylic acids is 17. The van der Waals surface area contributed by atoms with E-state index in [0.29, 0.717) is 49.8 Å². The highest BCUT2D eigenvalue weighted by atomic mass is 32.2. The average Bonchev–Trinajstić information content (AvgIpc) is 1.48. The summed E-state index contributed by atoms with van der Waals surface area (Å²) < 4.78 is 6.14. The van der Waals surface area contributed by atoms with Gasteiger partial charge in [-0.1, -0.05) is 111 Å². The highest BCUT2D eigenvalue weighted by Gasteiger charge is 2.44. The van der Waals surface area contributed by atoms with Crippen molar-refractivity contribution in [1.82, 2.24) is 103 Å². The molecule has 0 spiro atoms. The monoisotopic (exact) mass is 1870 g/mol. The highest BCUT2D eigenvalue weighted by molar-refractivity contribution is 8.00.